The molecular weight excluding hydrogens is 292 g/mol. The van der Waals surface area contributed by atoms with E-state index in [1.807, 2.05) is 38.2 Å². The zero-order valence-electron chi connectivity index (χ0n) is 13.5. The summed E-state index contributed by atoms with van der Waals surface area (Å²) in [5, 5.41) is 10.4. The van der Waals surface area contributed by atoms with E-state index < -0.39 is 11.9 Å². The number of aromatic nitrogens is 1. The Morgan fingerprint density at radius 1 is 1.39 bits per heavy atom. The van der Waals surface area contributed by atoms with Gasteiger partial charge in [0.15, 0.2) is 0 Å². The third kappa shape index (κ3) is 2.83. The van der Waals surface area contributed by atoms with Gasteiger partial charge in [-0.3, -0.25) is 9.59 Å². The van der Waals surface area contributed by atoms with E-state index in [1.54, 1.807) is 4.90 Å². The Morgan fingerprint density at radius 3 is 2.91 bits per heavy atom. The topological polar surface area (TPSA) is 73.4 Å². The van der Waals surface area contributed by atoms with Crippen molar-refractivity contribution in [3.63, 3.8) is 0 Å². The molecule has 1 aliphatic heterocycles. The van der Waals surface area contributed by atoms with E-state index in [1.165, 1.54) is 0 Å². The Balaban J connectivity index is 1.80. The lowest BCUT2D eigenvalue weighted by Crippen LogP contribution is -2.49. The van der Waals surface area contributed by atoms with Crippen molar-refractivity contribution in [1.82, 2.24) is 9.88 Å². The first-order valence-corrected chi connectivity index (χ1v) is 8.07. The lowest BCUT2D eigenvalue weighted by molar-refractivity contribution is -0.148. The van der Waals surface area contributed by atoms with E-state index in [-0.39, 0.29) is 11.9 Å². The van der Waals surface area contributed by atoms with Crippen LogP contribution in [0.5, 0.6) is 0 Å². The molecule has 0 spiro atoms. The molecule has 1 amide bonds. The van der Waals surface area contributed by atoms with Crippen molar-refractivity contribution in [2.45, 2.75) is 39.2 Å². The van der Waals surface area contributed by atoms with Gasteiger partial charge in [0.2, 0.25) is 5.91 Å². The first kappa shape index (κ1) is 15.6. The highest BCUT2D eigenvalue weighted by molar-refractivity contribution is 5.90. The number of likely N-dealkylation sites (tertiary alicyclic amines) is 1. The number of nitrogens with one attached hydrogen (secondary N) is 1. The summed E-state index contributed by atoms with van der Waals surface area (Å²) in [5.74, 6) is -1.26. The standard InChI is InChI=1S/C18H22N2O3/c1-11-5-3-6-15-13(10-19-17(11)15)9-16(21)20-8-4-7-14(12(20)2)18(22)23/h3,5-6,10,12,14,19H,4,7-9H2,1-2H3,(H,22,23)/t12-,14-/m1/s1. The molecule has 0 saturated carbocycles. The number of piperidine rings is 1. The number of aryl methyl sites for hydroxylation is 1. The second-order valence-corrected chi connectivity index (χ2v) is 6.40. The number of carboxylic acid groups (broad SMARTS) is 1. The van der Waals surface area contributed by atoms with Crippen LogP contribution < -0.4 is 0 Å². The van der Waals surface area contributed by atoms with Crippen LogP contribution in [0.2, 0.25) is 0 Å². The monoisotopic (exact) mass is 314 g/mol. The number of aromatic amines is 1. The fraction of sp³-hybridized carbons (Fsp3) is 0.444. The third-order valence-corrected chi connectivity index (χ3v) is 4.98. The summed E-state index contributed by atoms with van der Waals surface area (Å²) in [6, 6.07) is 5.79. The number of para-hydroxylation sites is 1. The Hall–Kier alpha value is -2.30. The molecular formula is C18H22N2O3. The van der Waals surface area contributed by atoms with Crippen LogP contribution in [-0.2, 0) is 16.0 Å². The highest BCUT2D eigenvalue weighted by atomic mass is 16.4. The summed E-state index contributed by atoms with van der Waals surface area (Å²) < 4.78 is 0. The molecule has 1 aromatic carbocycles. The molecule has 0 aliphatic carbocycles. The van der Waals surface area contributed by atoms with Gasteiger partial charge in [-0.05, 0) is 37.8 Å². The number of carbonyl (C=O) groups excluding carboxylic acids is 1. The molecule has 1 fully saturated rings. The van der Waals surface area contributed by atoms with Crippen LogP contribution in [0, 0.1) is 12.8 Å². The molecule has 2 aromatic rings. The maximum Gasteiger partial charge on any atom is 0.308 e. The number of hydrogen-bond donors (Lipinski definition) is 2. The maximum atomic E-state index is 12.7. The molecule has 2 N–H and O–H groups in total. The molecule has 2 heterocycles. The van der Waals surface area contributed by atoms with Crippen molar-refractivity contribution < 1.29 is 14.7 Å². The molecule has 23 heavy (non-hydrogen) atoms. The quantitative estimate of drug-likeness (QED) is 0.915. The molecule has 0 radical (unpaired) electrons. The van der Waals surface area contributed by atoms with Gasteiger partial charge in [0.25, 0.3) is 0 Å². The molecule has 1 aliphatic rings. The van der Waals surface area contributed by atoms with Gasteiger partial charge in [0.1, 0.15) is 0 Å². The smallest absolute Gasteiger partial charge is 0.308 e. The van der Waals surface area contributed by atoms with Gasteiger partial charge in [-0.25, -0.2) is 0 Å². The van der Waals surface area contributed by atoms with Crippen molar-refractivity contribution >= 4 is 22.8 Å². The summed E-state index contributed by atoms with van der Waals surface area (Å²) in [4.78, 5) is 29.0. The van der Waals surface area contributed by atoms with Crippen molar-refractivity contribution in [3.05, 3.63) is 35.5 Å². The summed E-state index contributed by atoms with van der Waals surface area (Å²) in [5.41, 5.74) is 3.18. The molecule has 122 valence electrons. The first-order chi connectivity index (χ1) is 11.0. The number of fused-ring (bicyclic) bond motifs is 1. The second-order valence-electron chi connectivity index (χ2n) is 6.40. The maximum absolute atomic E-state index is 12.7. The zero-order valence-corrected chi connectivity index (χ0v) is 13.5. The van der Waals surface area contributed by atoms with Crippen molar-refractivity contribution in [3.8, 4) is 0 Å². The van der Waals surface area contributed by atoms with E-state index >= 15 is 0 Å². The Bertz CT molecular complexity index is 750. The van der Waals surface area contributed by atoms with Crippen molar-refractivity contribution in [2.75, 3.05) is 6.54 Å². The molecule has 0 unspecified atom stereocenters. The van der Waals surface area contributed by atoms with E-state index in [2.05, 4.69) is 4.98 Å². The summed E-state index contributed by atoms with van der Waals surface area (Å²) >= 11 is 0. The number of carboxylic acids is 1. The van der Waals surface area contributed by atoms with Gasteiger partial charge >= 0.3 is 5.97 Å². The highest BCUT2D eigenvalue weighted by Gasteiger charge is 2.35. The Labute approximate surface area is 135 Å². The van der Waals surface area contributed by atoms with E-state index in [0.29, 0.717) is 19.4 Å². The van der Waals surface area contributed by atoms with Gasteiger partial charge in [-0.15, -0.1) is 0 Å². The summed E-state index contributed by atoms with van der Waals surface area (Å²) in [7, 11) is 0. The van der Waals surface area contributed by atoms with Gasteiger partial charge in [0.05, 0.1) is 12.3 Å². The number of rotatable bonds is 3. The van der Waals surface area contributed by atoms with Crippen molar-refractivity contribution in [2.24, 2.45) is 5.92 Å². The van der Waals surface area contributed by atoms with Gasteiger partial charge in [0, 0.05) is 29.7 Å². The molecule has 1 saturated heterocycles. The number of hydrogen-bond acceptors (Lipinski definition) is 2. The molecule has 1 aromatic heterocycles. The van der Waals surface area contributed by atoms with Gasteiger partial charge in [-0.2, -0.15) is 0 Å². The number of benzene rings is 1. The molecule has 5 nitrogen and oxygen atoms in total. The molecule has 5 heteroatoms. The summed E-state index contributed by atoms with van der Waals surface area (Å²) in [6.45, 7) is 4.52. The predicted octanol–water partition coefficient (Wildman–Crippen LogP) is 2.73. The lowest BCUT2D eigenvalue weighted by Gasteiger charge is -2.37. The number of carbonyl (C=O) groups is 2. The van der Waals surface area contributed by atoms with Crippen LogP contribution in [0.4, 0.5) is 0 Å². The minimum Gasteiger partial charge on any atom is -0.481 e. The van der Waals surface area contributed by atoms with Crippen LogP contribution in [-0.4, -0.2) is 39.5 Å². The number of aliphatic carboxylic acids is 1. The van der Waals surface area contributed by atoms with E-state index in [4.69, 9.17) is 0 Å². The fourth-order valence-electron chi connectivity index (χ4n) is 3.60. The molecule has 0 bridgehead atoms. The minimum atomic E-state index is -0.808. The number of H-pyrrole nitrogens is 1. The minimum absolute atomic E-state index is 0.00542. The van der Waals surface area contributed by atoms with Gasteiger partial charge < -0.3 is 15.0 Å². The van der Waals surface area contributed by atoms with Crippen molar-refractivity contribution in [1.29, 1.82) is 0 Å². The molecule has 3 rings (SSSR count). The zero-order chi connectivity index (χ0) is 16.6. The number of amides is 1. The first-order valence-electron chi connectivity index (χ1n) is 8.07. The Kier molecular flexibility index (Phi) is 4.11. The third-order valence-electron chi connectivity index (χ3n) is 4.98. The van der Waals surface area contributed by atoms with Crippen LogP contribution in [0.25, 0.3) is 10.9 Å². The predicted molar refractivity (Wildman–Crippen MR) is 88.3 cm³/mol. The van der Waals surface area contributed by atoms with Crippen LogP contribution in [0.1, 0.15) is 30.9 Å². The summed E-state index contributed by atoms with van der Waals surface area (Å²) in [6.07, 6.45) is 3.59. The van der Waals surface area contributed by atoms with Crippen LogP contribution >= 0.6 is 0 Å². The second kappa shape index (κ2) is 6.07. The normalized spacial score (nSPS) is 21.6. The SMILES string of the molecule is Cc1cccc2c(CC(=O)N3CCC[C@@H](C(=O)O)[C@H]3C)c[nH]c12. The highest BCUT2D eigenvalue weighted by Crippen LogP contribution is 2.26. The fourth-order valence-corrected chi connectivity index (χ4v) is 3.60. The average Bonchev–Trinajstić information content (AvgIpc) is 2.91. The average molecular weight is 314 g/mol. The Morgan fingerprint density at radius 2 is 2.17 bits per heavy atom. The van der Waals surface area contributed by atoms with Crippen LogP contribution in [0.3, 0.4) is 0 Å². The van der Waals surface area contributed by atoms with E-state index in [0.717, 1.165) is 28.5 Å². The number of nitrogens with zero attached hydrogens (tertiary/aromatic N) is 1. The van der Waals surface area contributed by atoms with E-state index in [9.17, 15) is 14.7 Å². The largest absolute Gasteiger partial charge is 0.481 e. The van der Waals surface area contributed by atoms with Crippen LogP contribution in [0.15, 0.2) is 24.4 Å². The lowest BCUT2D eigenvalue weighted by atomic mass is 9.90. The van der Waals surface area contributed by atoms with Gasteiger partial charge in [-0.1, -0.05) is 18.2 Å². The molecule has 2 atom stereocenters.